The molecule has 0 aromatic rings. The van der Waals surface area contributed by atoms with Crippen molar-refractivity contribution in [1.82, 2.24) is 0 Å². The van der Waals surface area contributed by atoms with Crippen LogP contribution in [0.15, 0.2) is 0 Å². The summed E-state index contributed by atoms with van der Waals surface area (Å²) in [6.07, 6.45) is 7.54. The predicted molar refractivity (Wildman–Crippen MR) is 52.1 cm³/mol. The van der Waals surface area contributed by atoms with Gasteiger partial charge in [-0.3, -0.25) is 0 Å². The molecule has 1 atom stereocenters. The zero-order valence-corrected chi connectivity index (χ0v) is 8.45. The fourth-order valence-corrected chi connectivity index (χ4v) is 2.18. The van der Waals surface area contributed by atoms with Gasteiger partial charge in [0.1, 0.15) is 0 Å². The van der Waals surface area contributed by atoms with Crippen molar-refractivity contribution < 1.29 is 14.6 Å². The molecule has 2 fully saturated rings. The van der Waals surface area contributed by atoms with Gasteiger partial charge in [-0.15, -0.1) is 0 Å². The summed E-state index contributed by atoms with van der Waals surface area (Å²) in [6.45, 7) is 0. The molecule has 0 bridgehead atoms. The monoisotopic (exact) mass is 198 g/mol. The Morgan fingerprint density at radius 1 is 1.14 bits per heavy atom. The maximum Gasteiger partial charge on any atom is 0.333 e. The van der Waals surface area contributed by atoms with Gasteiger partial charge < -0.3 is 9.84 Å². The van der Waals surface area contributed by atoms with Gasteiger partial charge in [0.15, 0.2) is 6.10 Å². The van der Waals surface area contributed by atoms with Gasteiger partial charge in [0.25, 0.3) is 0 Å². The molecule has 0 aromatic heterocycles. The summed E-state index contributed by atoms with van der Waals surface area (Å²) in [5.74, 6) is -0.465. The number of hydrogen-bond donors (Lipinski definition) is 1. The van der Waals surface area contributed by atoms with Gasteiger partial charge in [0.05, 0.1) is 6.10 Å². The van der Waals surface area contributed by atoms with E-state index >= 15 is 0 Å². The van der Waals surface area contributed by atoms with Crippen LogP contribution in [0.4, 0.5) is 0 Å². The van der Waals surface area contributed by atoms with E-state index in [2.05, 4.69) is 0 Å². The summed E-state index contributed by atoms with van der Waals surface area (Å²) in [6, 6.07) is 0. The molecule has 0 amide bonds. The van der Waals surface area contributed by atoms with E-state index in [1.165, 1.54) is 19.3 Å². The molecule has 2 aliphatic carbocycles. The van der Waals surface area contributed by atoms with Gasteiger partial charge in [-0.05, 0) is 31.6 Å². The van der Waals surface area contributed by atoms with Crippen LogP contribution in [0.3, 0.4) is 0 Å². The zero-order valence-electron chi connectivity index (χ0n) is 8.45. The minimum Gasteiger partial charge on any atom is -0.479 e. The zero-order chi connectivity index (χ0) is 9.97. The quantitative estimate of drug-likeness (QED) is 0.753. The molecule has 2 aliphatic rings. The van der Waals surface area contributed by atoms with Crippen LogP contribution < -0.4 is 0 Å². The Kier molecular flexibility index (Phi) is 3.06. The lowest BCUT2D eigenvalue weighted by molar-refractivity contribution is -0.157. The highest BCUT2D eigenvalue weighted by Gasteiger charge is 2.38. The first-order chi connectivity index (χ1) is 6.77. The van der Waals surface area contributed by atoms with Crippen LogP contribution in [0.5, 0.6) is 0 Å². The van der Waals surface area contributed by atoms with Crippen LogP contribution in [0.2, 0.25) is 0 Å². The SMILES string of the molecule is O=C(O)C(OC1CCCCC1)C1CC1. The number of hydrogen-bond acceptors (Lipinski definition) is 2. The highest BCUT2D eigenvalue weighted by atomic mass is 16.5. The maximum atomic E-state index is 10.9. The van der Waals surface area contributed by atoms with E-state index < -0.39 is 12.1 Å². The van der Waals surface area contributed by atoms with E-state index in [9.17, 15) is 4.79 Å². The third-order valence-electron chi connectivity index (χ3n) is 3.18. The lowest BCUT2D eigenvalue weighted by atomic mass is 9.97. The third-order valence-corrected chi connectivity index (χ3v) is 3.18. The van der Waals surface area contributed by atoms with Crippen LogP contribution in [0.1, 0.15) is 44.9 Å². The van der Waals surface area contributed by atoms with Crippen molar-refractivity contribution in [1.29, 1.82) is 0 Å². The second kappa shape index (κ2) is 4.30. The molecule has 0 saturated heterocycles. The van der Waals surface area contributed by atoms with Gasteiger partial charge in [0.2, 0.25) is 0 Å². The summed E-state index contributed by atoms with van der Waals surface area (Å²) in [5, 5.41) is 8.99. The molecule has 1 unspecified atom stereocenters. The van der Waals surface area contributed by atoms with Crippen molar-refractivity contribution in [2.24, 2.45) is 5.92 Å². The van der Waals surface area contributed by atoms with Crippen molar-refractivity contribution >= 4 is 5.97 Å². The summed E-state index contributed by atoms with van der Waals surface area (Å²) in [4.78, 5) is 10.9. The van der Waals surface area contributed by atoms with Crippen LogP contribution in [0, 0.1) is 5.92 Å². The van der Waals surface area contributed by atoms with Crippen molar-refractivity contribution in [3.63, 3.8) is 0 Å². The van der Waals surface area contributed by atoms with Crippen LogP contribution in [0.25, 0.3) is 0 Å². The van der Waals surface area contributed by atoms with Gasteiger partial charge >= 0.3 is 5.97 Å². The van der Waals surface area contributed by atoms with E-state index in [1.807, 2.05) is 0 Å². The molecular weight excluding hydrogens is 180 g/mol. The molecule has 0 aliphatic heterocycles. The minimum absolute atomic E-state index is 0.213. The Morgan fingerprint density at radius 3 is 2.29 bits per heavy atom. The molecule has 2 rings (SSSR count). The number of aliphatic carboxylic acids is 1. The number of carbonyl (C=O) groups is 1. The standard InChI is InChI=1S/C11H18O3/c12-11(13)10(8-6-7-8)14-9-4-2-1-3-5-9/h8-10H,1-7H2,(H,12,13). The van der Waals surface area contributed by atoms with E-state index in [1.54, 1.807) is 0 Å². The molecule has 3 heteroatoms. The Hall–Kier alpha value is -0.570. The van der Waals surface area contributed by atoms with Crippen molar-refractivity contribution in [3.05, 3.63) is 0 Å². The number of ether oxygens (including phenoxy) is 1. The normalized spacial score (nSPS) is 26.0. The molecule has 2 saturated carbocycles. The average Bonchev–Trinajstić information content (AvgIpc) is 2.99. The summed E-state index contributed by atoms with van der Waals surface area (Å²) in [5.41, 5.74) is 0. The summed E-state index contributed by atoms with van der Waals surface area (Å²) in [7, 11) is 0. The molecular formula is C11H18O3. The van der Waals surface area contributed by atoms with Gasteiger partial charge in [-0.1, -0.05) is 19.3 Å². The van der Waals surface area contributed by atoms with Crippen LogP contribution in [-0.4, -0.2) is 23.3 Å². The first-order valence-corrected chi connectivity index (χ1v) is 5.65. The number of carboxylic acids is 1. The number of rotatable bonds is 4. The predicted octanol–water partition coefficient (Wildman–Crippen LogP) is 2.20. The molecule has 0 radical (unpaired) electrons. The maximum absolute atomic E-state index is 10.9. The van der Waals surface area contributed by atoms with Gasteiger partial charge in [-0.25, -0.2) is 4.79 Å². The van der Waals surface area contributed by atoms with E-state index in [0.29, 0.717) is 5.92 Å². The smallest absolute Gasteiger partial charge is 0.333 e. The van der Waals surface area contributed by atoms with Gasteiger partial charge in [0, 0.05) is 0 Å². The second-order valence-electron chi connectivity index (χ2n) is 4.49. The molecule has 3 nitrogen and oxygen atoms in total. The molecule has 0 aromatic carbocycles. The van der Waals surface area contributed by atoms with E-state index in [4.69, 9.17) is 9.84 Å². The van der Waals surface area contributed by atoms with Crippen molar-refractivity contribution in [2.75, 3.05) is 0 Å². The van der Waals surface area contributed by atoms with E-state index in [-0.39, 0.29) is 6.10 Å². The Bertz CT molecular complexity index is 205. The Balaban J connectivity index is 1.82. The molecule has 80 valence electrons. The average molecular weight is 198 g/mol. The Labute approximate surface area is 84.4 Å². The minimum atomic E-state index is -0.766. The highest BCUT2D eigenvalue weighted by molar-refractivity contribution is 5.73. The fraction of sp³-hybridized carbons (Fsp3) is 0.909. The lowest BCUT2D eigenvalue weighted by Gasteiger charge is -2.25. The Morgan fingerprint density at radius 2 is 1.79 bits per heavy atom. The number of carboxylic acid groups (broad SMARTS) is 1. The molecule has 14 heavy (non-hydrogen) atoms. The molecule has 0 spiro atoms. The van der Waals surface area contributed by atoms with E-state index in [0.717, 1.165) is 25.7 Å². The van der Waals surface area contributed by atoms with Gasteiger partial charge in [-0.2, -0.15) is 0 Å². The van der Waals surface area contributed by atoms with Crippen molar-refractivity contribution in [3.8, 4) is 0 Å². The topological polar surface area (TPSA) is 46.5 Å². The first-order valence-electron chi connectivity index (χ1n) is 5.65. The summed E-state index contributed by atoms with van der Waals surface area (Å²) < 4.78 is 5.68. The first kappa shape index (κ1) is 9.97. The molecule has 1 N–H and O–H groups in total. The largest absolute Gasteiger partial charge is 0.479 e. The van der Waals surface area contributed by atoms with Crippen LogP contribution >= 0.6 is 0 Å². The van der Waals surface area contributed by atoms with Crippen molar-refractivity contribution in [2.45, 2.75) is 57.2 Å². The van der Waals surface area contributed by atoms with Crippen LogP contribution in [-0.2, 0) is 9.53 Å². The third kappa shape index (κ3) is 2.47. The molecule has 0 heterocycles. The second-order valence-corrected chi connectivity index (χ2v) is 4.49. The lowest BCUT2D eigenvalue weighted by Crippen LogP contribution is -2.32. The summed E-state index contributed by atoms with van der Waals surface area (Å²) >= 11 is 0. The highest BCUT2D eigenvalue weighted by Crippen LogP contribution is 2.36. The fourth-order valence-electron chi connectivity index (χ4n) is 2.18.